The van der Waals surface area contributed by atoms with Crippen molar-refractivity contribution < 1.29 is 18.7 Å². The van der Waals surface area contributed by atoms with E-state index in [0.717, 1.165) is 22.3 Å². The van der Waals surface area contributed by atoms with Gasteiger partial charge >= 0.3 is 6.29 Å². The molecule has 0 aliphatic carbocycles. The van der Waals surface area contributed by atoms with Crippen molar-refractivity contribution in [3.8, 4) is 0 Å². The average Bonchev–Trinajstić information content (AvgIpc) is 2.99. The zero-order valence-corrected chi connectivity index (χ0v) is 14.2. The number of benzene rings is 1. The number of hydrogen-bond donors (Lipinski definition) is 2. The van der Waals surface area contributed by atoms with E-state index in [2.05, 4.69) is 35.7 Å². The maximum Gasteiger partial charge on any atom is 0.483 e. The van der Waals surface area contributed by atoms with E-state index in [1.54, 1.807) is 0 Å². The first kappa shape index (κ1) is 18.7. The number of carbonyl (C=O) groups excluding carboxylic acids is 1. The van der Waals surface area contributed by atoms with Gasteiger partial charge < -0.3 is 10.1 Å². The number of halogens is 2. The molecule has 7 heteroatoms. The zero-order valence-electron chi connectivity index (χ0n) is 14.2. The molecular weight excluding hydrogens is 328 g/mol. The number of nitrogens with zero attached hydrogens (tertiary/aromatic N) is 2. The van der Waals surface area contributed by atoms with E-state index in [-0.39, 0.29) is 0 Å². The number of nitrogens with one attached hydrogen (secondary N) is 1. The minimum absolute atomic E-state index is 0.465. The summed E-state index contributed by atoms with van der Waals surface area (Å²) in [7, 11) is 0. The summed E-state index contributed by atoms with van der Waals surface area (Å²) in [6, 6.07) is 7.78. The molecule has 0 spiro atoms. The molecule has 5 nitrogen and oxygen atoms in total. The molecule has 0 saturated heterocycles. The van der Waals surface area contributed by atoms with Crippen molar-refractivity contribution in [1.82, 2.24) is 15.0 Å². The van der Waals surface area contributed by atoms with Gasteiger partial charge in [-0.2, -0.15) is 0 Å². The van der Waals surface area contributed by atoms with Crippen LogP contribution in [0.2, 0.25) is 0 Å². The Bertz CT molecular complexity index is 856. The molecule has 3 aromatic rings. The van der Waals surface area contributed by atoms with E-state index in [1.165, 1.54) is 11.1 Å². The summed E-state index contributed by atoms with van der Waals surface area (Å²) in [6.45, 7) is 6.19. The minimum atomic E-state index is -2.83. The molecule has 3 rings (SSSR count). The van der Waals surface area contributed by atoms with E-state index in [0.29, 0.717) is 12.2 Å². The molecule has 0 amide bonds. The van der Waals surface area contributed by atoms with Crippen molar-refractivity contribution in [2.24, 2.45) is 0 Å². The van der Waals surface area contributed by atoms with Crippen LogP contribution in [0.25, 0.3) is 11.0 Å². The van der Waals surface area contributed by atoms with Gasteiger partial charge in [0, 0.05) is 18.3 Å². The van der Waals surface area contributed by atoms with Gasteiger partial charge in [0.25, 0.3) is 0 Å². The van der Waals surface area contributed by atoms with Crippen LogP contribution < -0.4 is 0 Å². The second kappa shape index (κ2) is 7.94. The molecule has 0 fully saturated rings. The van der Waals surface area contributed by atoms with Crippen molar-refractivity contribution in [1.29, 1.82) is 0 Å². The van der Waals surface area contributed by atoms with Crippen LogP contribution in [0.15, 0.2) is 30.5 Å². The number of fused-ring (bicyclic) bond motifs is 1. The van der Waals surface area contributed by atoms with Crippen LogP contribution >= 0.6 is 0 Å². The van der Waals surface area contributed by atoms with Crippen molar-refractivity contribution in [3.05, 3.63) is 58.7 Å². The molecule has 2 aromatic heterocycles. The number of aliphatic hydroxyl groups is 1. The van der Waals surface area contributed by atoms with Crippen molar-refractivity contribution in [2.75, 3.05) is 0 Å². The fraction of sp³-hybridized carbons (Fsp3) is 0.278. The first-order valence-electron chi connectivity index (χ1n) is 7.69. The highest BCUT2D eigenvalue weighted by Crippen LogP contribution is 2.22. The smallest absolute Gasteiger partial charge is 0.385 e. The normalized spacial score (nSPS) is 11.8. The molecule has 0 saturated carbocycles. The van der Waals surface area contributed by atoms with Crippen LogP contribution in [0.3, 0.4) is 0 Å². The second-order valence-electron chi connectivity index (χ2n) is 5.72. The number of aliphatic hydroxyl groups excluding tert-OH is 1. The largest absolute Gasteiger partial charge is 0.483 e. The minimum Gasteiger partial charge on any atom is -0.385 e. The number of aromatic nitrogens is 3. The Morgan fingerprint density at radius 1 is 1.20 bits per heavy atom. The molecule has 2 heterocycles. The Kier molecular flexibility index (Phi) is 5.93. The highest BCUT2D eigenvalue weighted by atomic mass is 19.3. The lowest BCUT2D eigenvalue weighted by molar-refractivity contribution is 0.168. The highest BCUT2D eigenvalue weighted by Gasteiger charge is 2.16. The summed E-state index contributed by atoms with van der Waals surface area (Å²) in [5.41, 5.74) is 6.29. The third-order valence-corrected chi connectivity index (χ3v) is 4.11. The first-order chi connectivity index (χ1) is 11.8. The molecule has 1 aromatic carbocycles. The van der Waals surface area contributed by atoms with E-state index < -0.39 is 12.4 Å². The van der Waals surface area contributed by atoms with Gasteiger partial charge in [-0.3, -0.25) is 4.98 Å². The fourth-order valence-corrected chi connectivity index (χ4v) is 2.50. The number of pyridine rings is 1. The van der Waals surface area contributed by atoms with Gasteiger partial charge in [-0.25, -0.2) is 9.78 Å². The number of rotatable bonds is 3. The number of para-hydroxylation sites is 2. The molecular formula is C18H19F2N3O2. The topological polar surface area (TPSA) is 78.9 Å². The number of H-pyrrole nitrogens is 1. The van der Waals surface area contributed by atoms with Crippen LogP contribution in [0.1, 0.15) is 34.3 Å². The predicted octanol–water partition coefficient (Wildman–Crippen LogP) is 4.20. The third-order valence-electron chi connectivity index (χ3n) is 4.11. The maximum atomic E-state index is 10.4. The summed E-state index contributed by atoms with van der Waals surface area (Å²) in [4.78, 5) is 20.2. The predicted molar refractivity (Wildman–Crippen MR) is 90.8 cm³/mol. The van der Waals surface area contributed by atoms with Gasteiger partial charge in [0.1, 0.15) is 11.9 Å². The fourth-order valence-electron chi connectivity index (χ4n) is 2.50. The number of aryl methyl sites for hydroxylation is 1. The Labute approximate surface area is 143 Å². The summed E-state index contributed by atoms with van der Waals surface area (Å²) in [5, 5.41) is 10.4. The quantitative estimate of drug-likeness (QED) is 0.696. The van der Waals surface area contributed by atoms with Crippen LogP contribution in [-0.4, -0.2) is 26.3 Å². The number of hydrogen-bond acceptors (Lipinski definition) is 4. The molecule has 0 aliphatic heterocycles. The SMILES string of the molecule is Cc1cnc(CC(O)c2nc3ccccc3[nH]2)c(C)c1C.O=C(F)F. The summed E-state index contributed by atoms with van der Waals surface area (Å²) in [6.07, 6.45) is -1.18. The molecule has 1 atom stereocenters. The van der Waals surface area contributed by atoms with Crippen LogP contribution in [0, 0.1) is 20.8 Å². The van der Waals surface area contributed by atoms with E-state index in [9.17, 15) is 13.9 Å². The molecule has 132 valence electrons. The lowest BCUT2D eigenvalue weighted by Crippen LogP contribution is -2.08. The number of aromatic amines is 1. The van der Waals surface area contributed by atoms with Crippen LogP contribution in [-0.2, 0) is 6.42 Å². The first-order valence-corrected chi connectivity index (χ1v) is 7.69. The third kappa shape index (κ3) is 4.67. The maximum absolute atomic E-state index is 10.4. The summed E-state index contributed by atoms with van der Waals surface area (Å²) >= 11 is 0. The van der Waals surface area contributed by atoms with Gasteiger partial charge in [-0.05, 0) is 49.6 Å². The van der Waals surface area contributed by atoms with Gasteiger partial charge in [0.05, 0.1) is 11.0 Å². The highest BCUT2D eigenvalue weighted by molar-refractivity contribution is 5.74. The lowest BCUT2D eigenvalue weighted by Gasteiger charge is -2.12. The standard InChI is InChI=1S/C17H19N3O.CF2O/c1-10-9-18-15(12(3)11(10)2)8-16(21)17-19-13-6-4-5-7-14(13)20-17;2-1(3)4/h4-7,9,16,21H,8H2,1-3H3,(H,19,20);. The second-order valence-corrected chi connectivity index (χ2v) is 5.72. The molecule has 0 radical (unpaired) electrons. The van der Waals surface area contributed by atoms with Gasteiger partial charge in [-0.15, -0.1) is 8.78 Å². The van der Waals surface area contributed by atoms with Crippen LogP contribution in [0.4, 0.5) is 13.6 Å². The Morgan fingerprint density at radius 2 is 1.84 bits per heavy atom. The monoisotopic (exact) mass is 347 g/mol. The van der Waals surface area contributed by atoms with E-state index >= 15 is 0 Å². The average molecular weight is 347 g/mol. The number of carbonyl (C=O) groups is 1. The Balaban J connectivity index is 0.000000511. The Morgan fingerprint density at radius 3 is 2.48 bits per heavy atom. The van der Waals surface area contributed by atoms with E-state index in [1.807, 2.05) is 30.5 Å². The summed E-state index contributed by atoms with van der Waals surface area (Å²) < 4.78 is 19.4. The van der Waals surface area contributed by atoms with Gasteiger partial charge in [0.2, 0.25) is 0 Å². The van der Waals surface area contributed by atoms with E-state index in [4.69, 9.17) is 4.79 Å². The summed E-state index contributed by atoms with van der Waals surface area (Å²) in [5.74, 6) is 0.593. The number of imidazole rings is 1. The molecule has 2 N–H and O–H groups in total. The zero-order chi connectivity index (χ0) is 18.6. The molecule has 0 bridgehead atoms. The molecule has 0 aliphatic rings. The molecule has 25 heavy (non-hydrogen) atoms. The molecule has 1 unspecified atom stereocenters. The van der Waals surface area contributed by atoms with Gasteiger partial charge in [0.15, 0.2) is 0 Å². The van der Waals surface area contributed by atoms with Crippen molar-refractivity contribution in [3.63, 3.8) is 0 Å². The Hall–Kier alpha value is -2.67. The van der Waals surface area contributed by atoms with Crippen molar-refractivity contribution in [2.45, 2.75) is 33.3 Å². The van der Waals surface area contributed by atoms with Gasteiger partial charge in [-0.1, -0.05) is 12.1 Å². The van der Waals surface area contributed by atoms with Crippen molar-refractivity contribution >= 4 is 17.3 Å². The lowest BCUT2D eigenvalue weighted by atomic mass is 10.0. The van der Waals surface area contributed by atoms with Crippen LogP contribution in [0.5, 0.6) is 0 Å².